The number of carbonyl (C=O) groups is 1. The second-order valence-electron chi connectivity index (χ2n) is 3.19. The molecule has 0 saturated carbocycles. The van der Waals surface area contributed by atoms with E-state index in [1.807, 2.05) is 31.2 Å². The van der Waals surface area contributed by atoms with Crippen LogP contribution in [0.1, 0.15) is 24.2 Å². The molecule has 1 rings (SSSR count). The minimum Gasteiger partial charge on any atom is -0.395 e. The number of ketones is 1. The summed E-state index contributed by atoms with van der Waals surface area (Å²) in [5.41, 5.74) is 0.728. The molecule has 1 unspecified atom stereocenters. The van der Waals surface area contributed by atoms with E-state index in [9.17, 15) is 4.79 Å². The minimum atomic E-state index is 0.0803. The van der Waals surface area contributed by atoms with Crippen LogP contribution in [0.25, 0.3) is 0 Å². The molecule has 0 aliphatic heterocycles. The summed E-state index contributed by atoms with van der Waals surface area (Å²) >= 11 is 1.60. The topological polar surface area (TPSA) is 37.3 Å². The average Bonchev–Trinajstić information content (AvgIpc) is 2.18. The zero-order valence-electron chi connectivity index (χ0n) is 8.36. The Balaban J connectivity index is 2.68. The second-order valence-corrected chi connectivity index (χ2v) is 4.70. The van der Waals surface area contributed by atoms with Crippen LogP contribution in [0.4, 0.5) is 0 Å². The summed E-state index contributed by atoms with van der Waals surface area (Å²) in [6.07, 6.45) is 0. The van der Waals surface area contributed by atoms with Crippen molar-refractivity contribution in [3.8, 4) is 0 Å². The first-order chi connectivity index (χ1) is 6.63. The molecule has 76 valence electrons. The SMILES string of the molecule is CC(=O)c1ccc(SC(C)CO)cc1. The fraction of sp³-hybridized carbons (Fsp3) is 0.364. The number of thioether (sulfide) groups is 1. The van der Waals surface area contributed by atoms with Crippen molar-refractivity contribution in [2.45, 2.75) is 24.0 Å². The standard InChI is InChI=1S/C11H14O2S/c1-8(7-12)14-11-5-3-10(4-6-11)9(2)13/h3-6,8,12H,7H2,1-2H3. The van der Waals surface area contributed by atoms with Gasteiger partial charge in [0, 0.05) is 15.7 Å². The fourth-order valence-electron chi connectivity index (χ4n) is 1.04. The molecular formula is C11H14O2S. The summed E-state index contributed by atoms with van der Waals surface area (Å²) in [6.45, 7) is 3.68. The van der Waals surface area contributed by atoms with E-state index in [1.165, 1.54) is 0 Å². The van der Waals surface area contributed by atoms with Crippen LogP contribution in [-0.2, 0) is 0 Å². The van der Waals surface area contributed by atoms with Gasteiger partial charge in [-0.3, -0.25) is 4.79 Å². The molecule has 1 aromatic rings. The van der Waals surface area contributed by atoms with E-state index in [0.29, 0.717) is 0 Å². The number of Topliss-reactive ketones (excluding diaryl/α,β-unsaturated/α-hetero) is 1. The second kappa shape index (κ2) is 5.17. The third kappa shape index (κ3) is 3.16. The van der Waals surface area contributed by atoms with Crippen LogP contribution in [0.15, 0.2) is 29.2 Å². The van der Waals surface area contributed by atoms with Crippen LogP contribution in [0.5, 0.6) is 0 Å². The molecule has 0 spiro atoms. The molecule has 0 heterocycles. The first-order valence-corrected chi connectivity index (χ1v) is 5.40. The lowest BCUT2D eigenvalue weighted by Gasteiger charge is -2.07. The molecule has 0 bridgehead atoms. The van der Waals surface area contributed by atoms with Crippen molar-refractivity contribution in [2.75, 3.05) is 6.61 Å². The van der Waals surface area contributed by atoms with Gasteiger partial charge in [0.25, 0.3) is 0 Å². The van der Waals surface area contributed by atoms with E-state index in [2.05, 4.69) is 0 Å². The van der Waals surface area contributed by atoms with Crippen molar-refractivity contribution in [3.05, 3.63) is 29.8 Å². The molecule has 1 aromatic carbocycles. The van der Waals surface area contributed by atoms with Gasteiger partial charge in [-0.05, 0) is 19.1 Å². The Morgan fingerprint density at radius 2 is 2.00 bits per heavy atom. The van der Waals surface area contributed by atoms with Crippen molar-refractivity contribution in [1.29, 1.82) is 0 Å². The maximum absolute atomic E-state index is 11.0. The van der Waals surface area contributed by atoms with E-state index in [1.54, 1.807) is 18.7 Å². The van der Waals surface area contributed by atoms with Crippen LogP contribution in [0.3, 0.4) is 0 Å². The van der Waals surface area contributed by atoms with Crippen molar-refractivity contribution < 1.29 is 9.90 Å². The van der Waals surface area contributed by atoms with E-state index < -0.39 is 0 Å². The van der Waals surface area contributed by atoms with Crippen molar-refractivity contribution in [2.24, 2.45) is 0 Å². The lowest BCUT2D eigenvalue weighted by Crippen LogP contribution is -2.01. The van der Waals surface area contributed by atoms with Gasteiger partial charge >= 0.3 is 0 Å². The van der Waals surface area contributed by atoms with Gasteiger partial charge in [0.05, 0.1) is 6.61 Å². The maximum atomic E-state index is 11.0. The molecule has 0 amide bonds. The zero-order chi connectivity index (χ0) is 10.6. The van der Waals surface area contributed by atoms with Gasteiger partial charge in [-0.1, -0.05) is 19.1 Å². The lowest BCUT2D eigenvalue weighted by atomic mass is 10.2. The van der Waals surface area contributed by atoms with Crippen molar-refractivity contribution in [3.63, 3.8) is 0 Å². The molecule has 0 aromatic heterocycles. The zero-order valence-corrected chi connectivity index (χ0v) is 9.17. The summed E-state index contributed by atoms with van der Waals surface area (Å²) in [7, 11) is 0. The molecule has 1 N–H and O–H groups in total. The highest BCUT2D eigenvalue weighted by Crippen LogP contribution is 2.22. The molecule has 0 aliphatic rings. The monoisotopic (exact) mass is 210 g/mol. The summed E-state index contributed by atoms with van der Waals surface area (Å²) in [4.78, 5) is 12.1. The Labute approximate surface area is 88.3 Å². The van der Waals surface area contributed by atoms with Crippen LogP contribution in [0, 0.1) is 0 Å². The predicted octanol–water partition coefficient (Wildman–Crippen LogP) is 2.36. The third-order valence-corrected chi connectivity index (χ3v) is 2.95. The fourth-order valence-corrected chi connectivity index (χ4v) is 1.87. The molecule has 1 atom stereocenters. The van der Waals surface area contributed by atoms with Gasteiger partial charge in [0.15, 0.2) is 5.78 Å². The number of carbonyl (C=O) groups excluding carboxylic acids is 1. The molecule has 3 heteroatoms. The molecular weight excluding hydrogens is 196 g/mol. The highest BCUT2D eigenvalue weighted by molar-refractivity contribution is 8.00. The van der Waals surface area contributed by atoms with Crippen molar-refractivity contribution >= 4 is 17.5 Å². The van der Waals surface area contributed by atoms with Gasteiger partial charge in [0.1, 0.15) is 0 Å². The number of hydrogen-bond donors (Lipinski definition) is 1. The maximum Gasteiger partial charge on any atom is 0.159 e. The predicted molar refractivity (Wildman–Crippen MR) is 58.9 cm³/mol. The minimum absolute atomic E-state index is 0.0803. The van der Waals surface area contributed by atoms with Crippen LogP contribution in [-0.4, -0.2) is 22.7 Å². The smallest absolute Gasteiger partial charge is 0.159 e. The molecule has 2 nitrogen and oxygen atoms in total. The van der Waals surface area contributed by atoms with Gasteiger partial charge in [-0.2, -0.15) is 0 Å². The third-order valence-electron chi connectivity index (χ3n) is 1.86. The molecule has 0 aliphatic carbocycles. The molecule has 0 saturated heterocycles. The van der Waals surface area contributed by atoms with E-state index in [4.69, 9.17) is 5.11 Å². The molecule has 0 fully saturated rings. The van der Waals surface area contributed by atoms with Gasteiger partial charge in [-0.15, -0.1) is 11.8 Å². The van der Waals surface area contributed by atoms with Gasteiger partial charge in [0.2, 0.25) is 0 Å². The molecule has 0 radical (unpaired) electrons. The lowest BCUT2D eigenvalue weighted by molar-refractivity contribution is 0.101. The van der Waals surface area contributed by atoms with Crippen molar-refractivity contribution in [1.82, 2.24) is 0 Å². The summed E-state index contributed by atoms with van der Waals surface area (Å²) in [5.74, 6) is 0.0803. The van der Waals surface area contributed by atoms with E-state index >= 15 is 0 Å². The highest BCUT2D eigenvalue weighted by Gasteiger charge is 2.03. The number of hydrogen-bond acceptors (Lipinski definition) is 3. The number of rotatable bonds is 4. The summed E-state index contributed by atoms with van der Waals surface area (Å²) in [6, 6.07) is 7.45. The average molecular weight is 210 g/mol. The summed E-state index contributed by atoms with van der Waals surface area (Å²) < 4.78 is 0. The number of benzene rings is 1. The Morgan fingerprint density at radius 3 is 2.43 bits per heavy atom. The normalized spacial score (nSPS) is 12.5. The van der Waals surface area contributed by atoms with Crippen LogP contribution < -0.4 is 0 Å². The van der Waals surface area contributed by atoms with Crippen LogP contribution in [0.2, 0.25) is 0 Å². The van der Waals surface area contributed by atoms with E-state index in [0.717, 1.165) is 10.5 Å². The number of aliphatic hydroxyl groups excluding tert-OH is 1. The Kier molecular flexibility index (Phi) is 4.17. The highest BCUT2D eigenvalue weighted by atomic mass is 32.2. The first-order valence-electron chi connectivity index (χ1n) is 4.52. The Hall–Kier alpha value is -0.800. The van der Waals surface area contributed by atoms with Crippen LogP contribution >= 0.6 is 11.8 Å². The quantitative estimate of drug-likeness (QED) is 0.612. The number of aliphatic hydroxyl groups is 1. The van der Waals surface area contributed by atoms with Gasteiger partial charge < -0.3 is 5.11 Å². The Morgan fingerprint density at radius 1 is 1.43 bits per heavy atom. The van der Waals surface area contributed by atoms with Gasteiger partial charge in [-0.25, -0.2) is 0 Å². The summed E-state index contributed by atoms with van der Waals surface area (Å²) in [5, 5.41) is 9.06. The first kappa shape index (κ1) is 11.3. The molecule has 14 heavy (non-hydrogen) atoms. The Bertz CT molecular complexity index is 306. The largest absolute Gasteiger partial charge is 0.395 e. The van der Waals surface area contributed by atoms with E-state index in [-0.39, 0.29) is 17.6 Å².